The molecule has 0 spiro atoms. The molecule has 11 heteroatoms. The summed E-state index contributed by atoms with van der Waals surface area (Å²) in [5.41, 5.74) is -0.0585. The fourth-order valence-electron chi connectivity index (χ4n) is 4.71. The molecule has 8 nitrogen and oxygen atoms in total. The Bertz CT molecular complexity index is 1070. The summed E-state index contributed by atoms with van der Waals surface area (Å²) in [5, 5.41) is 19.5. The van der Waals surface area contributed by atoms with Crippen LogP contribution in [0.5, 0.6) is 0 Å². The van der Waals surface area contributed by atoms with Crippen molar-refractivity contribution in [2.45, 2.75) is 48.7 Å². The van der Waals surface area contributed by atoms with Crippen molar-refractivity contribution < 1.29 is 37.3 Å². The molecule has 0 bridgehead atoms. The van der Waals surface area contributed by atoms with Gasteiger partial charge in [-0.3, -0.25) is 4.79 Å². The number of aliphatic hydroxyl groups excluding tert-OH is 1. The van der Waals surface area contributed by atoms with E-state index in [-0.39, 0.29) is 34.1 Å². The number of carboxylic acid groups (broad SMARTS) is 1. The lowest BCUT2D eigenvalue weighted by Gasteiger charge is -2.46. The molecule has 174 valence electrons. The fourth-order valence-corrected chi connectivity index (χ4v) is 7.65. The second-order valence-electron chi connectivity index (χ2n) is 8.44. The lowest BCUT2D eigenvalue weighted by molar-refractivity contribution is -0.163. The number of benzene rings is 1. The Morgan fingerprint density at radius 3 is 2.59 bits per heavy atom. The quantitative estimate of drug-likeness (QED) is 0.442. The van der Waals surface area contributed by atoms with Crippen molar-refractivity contribution in [3.05, 3.63) is 40.7 Å². The lowest BCUT2D eigenvalue weighted by Crippen LogP contribution is -2.63. The fraction of sp³-hybridized carbons (Fsp3) is 0.524. The van der Waals surface area contributed by atoms with Crippen LogP contribution in [0.2, 0.25) is 0 Å². The van der Waals surface area contributed by atoms with E-state index in [9.17, 15) is 32.6 Å². The predicted molar refractivity (Wildman–Crippen MR) is 114 cm³/mol. The number of aliphatic hydroxyl groups is 1. The predicted octanol–water partition coefficient (Wildman–Crippen LogP) is 1.64. The maximum atomic E-state index is 13.1. The number of hydrogen-bond acceptors (Lipinski definition) is 7. The third-order valence-corrected chi connectivity index (χ3v) is 9.51. The zero-order valence-electron chi connectivity index (χ0n) is 17.5. The first-order chi connectivity index (χ1) is 15.0. The lowest BCUT2D eigenvalue weighted by atomic mass is 9.79. The number of hydrogen-bond donors (Lipinski definition) is 2. The number of ether oxygens (including phenoxy) is 1. The number of carbonyl (C=O) groups excluding carboxylic acids is 1. The molecule has 1 aromatic carbocycles. The number of thioether (sulfide) groups is 1. The number of rotatable bonds is 7. The van der Waals surface area contributed by atoms with E-state index in [0.29, 0.717) is 11.3 Å². The van der Waals surface area contributed by atoms with Crippen molar-refractivity contribution in [1.82, 2.24) is 4.90 Å². The SMILES string of the molecule is CC(O)C1C(=O)N2C(C(=O)O)=C(SC3COC(CS(=O)(=O)c4ccc(F)cc4)C3)C(C)C12. The number of sulfone groups is 1. The molecular weight excluding hydrogens is 461 g/mol. The zero-order valence-corrected chi connectivity index (χ0v) is 19.1. The van der Waals surface area contributed by atoms with Crippen LogP contribution in [0.3, 0.4) is 0 Å². The molecule has 32 heavy (non-hydrogen) atoms. The minimum atomic E-state index is -3.67. The van der Waals surface area contributed by atoms with E-state index in [1.54, 1.807) is 0 Å². The number of fused-ring (bicyclic) bond motifs is 1. The summed E-state index contributed by atoms with van der Waals surface area (Å²) < 4.78 is 44.0. The Balaban J connectivity index is 1.46. The van der Waals surface area contributed by atoms with Crippen molar-refractivity contribution in [3.8, 4) is 0 Å². The van der Waals surface area contributed by atoms with Gasteiger partial charge in [-0.15, -0.1) is 11.8 Å². The highest BCUT2D eigenvalue weighted by molar-refractivity contribution is 8.03. The van der Waals surface area contributed by atoms with E-state index >= 15 is 0 Å². The third-order valence-electron chi connectivity index (χ3n) is 6.23. The Morgan fingerprint density at radius 1 is 1.34 bits per heavy atom. The second kappa shape index (κ2) is 8.44. The van der Waals surface area contributed by atoms with Crippen LogP contribution in [0.25, 0.3) is 0 Å². The standard InChI is InChI=1S/C21H24FNO7S2/c1-10-17-16(11(2)24)20(25)23(17)18(21(26)27)19(10)31-14-7-13(30-8-14)9-32(28,29)15-5-3-12(22)4-6-15/h3-6,10-11,13-14,16-17,24H,7-9H2,1-2H3,(H,26,27). The van der Waals surface area contributed by atoms with E-state index in [4.69, 9.17) is 4.74 Å². The van der Waals surface area contributed by atoms with Gasteiger partial charge in [-0.25, -0.2) is 17.6 Å². The van der Waals surface area contributed by atoms with Crippen LogP contribution in [0.4, 0.5) is 4.39 Å². The first-order valence-electron chi connectivity index (χ1n) is 10.3. The van der Waals surface area contributed by atoms with Crippen molar-refractivity contribution in [1.29, 1.82) is 0 Å². The first kappa shape index (κ1) is 23.2. The van der Waals surface area contributed by atoms with Crippen molar-refractivity contribution >= 4 is 33.5 Å². The Kier molecular flexibility index (Phi) is 6.12. The largest absolute Gasteiger partial charge is 0.477 e. The Hall–Kier alpha value is -1.95. The molecular formula is C21H24FNO7S2. The normalized spacial score (nSPS) is 30.9. The van der Waals surface area contributed by atoms with Crippen molar-refractivity contribution in [2.75, 3.05) is 12.4 Å². The van der Waals surface area contributed by atoms with Gasteiger partial charge in [0.05, 0.1) is 41.4 Å². The second-order valence-corrected chi connectivity index (χ2v) is 11.8. The summed E-state index contributed by atoms with van der Waals surface area (Å²) >= 11 is 1.30. The summed E-state index contributed by atoms with van der Waals surface area (Å²) in [7, 11) is -3.67. The molecule has 6 unspecified atom stereocenters. The van der Waals surface area contributed by atoms with Crippen LogP contribution in [0.1, 0.15) is 20.3 Å². The maximum Gasteiger partial charge on any atom is 0.353 e. The highest BCUT2D eigenvalue weighted by atomic mass is 32.2. The van der Waals surface area contributed by atoms with Gasteiger partial charge in [0, 0.05) is 16.1 Å². The highest BCUT2D eigenvalue weighted by Gasteiger charge is 2.60. The van der Waals surface area contributed by atoms with Gasteiger partial charge >= 0.3 is 5.97 Å². The number of amides is 1. The van der Waals surface area contributed by atoms with Crippen LogP contribution in [0.15, 0.2) is 39.8 Å². The minimum absolute atomic E-state index is 0.0194. The summed E-state index contributed by atoms with van der Waals surface area (Å²) in [6.45, 7) is 3.61. The van der Waals surface area contributed by atoms with Crippen LogP contribution >= 0.6 is 11.8 Å². The monoisotopic (exact) mass is 485 g/mol. The number of carboxylic acids is 1. The van der Waals surface area contributed by atoms with Gasteiger partial charge in [-0.05, 0) is 37.6 Å². The van der Waals surface area contributed by atoms with Crippen molar-refractivity contribution in [2.24, 2.45) is 11.8 Å². The van der Waals surface area contributed by atoms with Gasteiger partial charge < -0.3 is 19.8 Å². The minimum Gasteiger partial charge on any atom is -0.477 e. The van der Waals surface area contributed by atoms with E-state index in [1.807, 2.05) is 6.92 Å². The summed E-state index contributed by atoms with van der Waals surface area (Å²) in [6, 6.07) is 4.22. The van der Waals surface area contributed by atoms with Crippen LogP contribution in [-0.4, -0.2) is 71.3 Å². The van der Waals surface area contributed by atoms with Crippen LogP contribution in [0, 0.1) is 17.7 Å². The molecule has 1 aromatic rings. The summed E-state index contributed by atoms with van der Waals surface area (Å²) in [6.07, 6.45) is -1.05. The summed E-state index contributed by atoms with van der Waals surface area (Å²) in [5.74, 6) is -3.26. The van der Waals surface area contributed by atoms with E-state index in [0.717, 1.165) is 12.1 Å². The van der Waals surface area contributed by atoms with Crippen LogP contribution < -0.4 is 0 Å². The molecule has 6 atom stereocenters. The Labute approximate surface area is 189 Å². The summed E-state index contributed by atoms with van der Waals surface area (Å²) in [4.78, 5) is 26.2. The average Bonchev–Trinajstić information content (AvgIpc) is 3.22. The van der Waals surface area contributed by atoms with Gasteiger partial charge in [-0.2, -0.15) is 0 Å². The molecule has 3 aliphatic rings. The molecule has 4 rings (SSSR count). The van der Waals surface area contributed by atoms with E-state index in [1.165, 1.54) is 35.7 Å². The van der Waals surface area contributed by atoms with E-state index < -0.39 is 51.7 Å². The molecule has 3 aliphatic heterocycles. The molecule has 0 aliphatic carbocycles. The number of halogens is 1. The molecule has 0 radical (unpaired) electrons. The highest BCUT2D eigenvalue weighted by Crippen LogP contribution is 2.52. The zero-order chi connectivity index (χ0) is 23.4. The molecule has 0 saturated carbocycles. The van der Waals surface area contributed by atoms with Gasteiger partial charge in [0.15, 0.2) is 9.84 Å². The van der Waals surface area contributed by atoms with Gasteiger partial charge in [0.25, 0.3) is 0 Å². The molecule has 3 heterocycles. The molecule has 2 N–H and O–H groups in total. The molecule has 1 amide bonds. The number of aliphatic carboxylic acids is 1. The van der Waals surface area contributed by atoms with Crippen LogP contribution in [-0.2, 0) is 24.2 Å². The number of nitrogens with zero attached hydrogens (tertiary/aromatic N) is 1. The van der Waals surface area contributed by atoms with Gasteiger partial charge in [0.1, 0.15) is 11.5 Å². The van der Waals surface area contributed by atoms with Gasteiger partial charge in [0.2, 0.25) is 5.91 Å². The molecule has 0 aromatic heterocycles. The van der Waals surface area contributed by atoms with Gasteiger partial charge in [-0.1, -0.05) is 6.92 Å². The smallest absolute Gasteiger partial charge is 0.353 e. The number of β-lactam (4-membered cyclic amide) rings is 1. The first-order valence-corrected chi connectivity index (χ1v) is 12.8. The maximum absolute atomic E-state index is 13.1. The Morgan fingerprint density at radius 2 is 2.00 bits per heavy atom. The van der Waals surface area contributed by atoms with Crippen molar-refractivity contribution in [3.63, 3.8) is 0 Å². The number of carbonyl (C=O) groups is 2. The molecule has 2 fully saturated rings. The third kappa shape index (κ3) is 3.95. The topological polar surface area (TPSA) is 121 Å². The molecule has 2 saturated heterocycles. The van der Waals surface area contributed by atoms with E-state index in [2.05, 4.69) is 0 Å². The average molecular weight is 486 g/mol.